The second kappa shape index (κ2) is 11.2. The van der Waals surface area contributed by atoms with E-state index in [9.17, 15) is 4.39 Å². The number of halogens is 1. The largest absolute Gasteiger partial charge is 0.497 e. The normalized spacial score (nSPS) is 11.3. The Morgan fingerprint density at radius 1 is 1.16 bits per heavy atom. The van der Waals surface area contributed by atoms with Gasteiger partial charge in [-0.3, -0.25) is 4.99 Å². The Morgan fingerprint density at radius 2 is 1.94 bits per heavy atom. The van der Waals surface area contributed by atoms with E-state index in [1.165, 1.54) is 12.1 Å². The lowest BCUT2D eigenvalue weighted by atomic mass is 10.2. The third-order valence-electron chi connectivity index (χ3n) is 4.87. The molecule has 8 heteroatoms. The second-order valence-corrected chi connectivity index (χ2v) is 7.17. The monoisotopic (exact) mass is 440 g/mol. The summed E-state index contributed by atoms with van der Waals surface area (Å²) in [6, 6.07) is 11.9. The quantitative estimate of drug-likeness (QED) is 0.398. The molecule has 0 radical (unpaired) electrons. The molecule has 32 heavy (non-hydrogen) atoms. The summed E-state index contributed by atoms with van der Waals surface area (Å²) in [5.74, 6) is 2.49. The van der Waals surface area contributed by atoms with Crippen LogP contribution in [0.1, 0.15) is 18.2 Å². The zero-order valence-corrected chi connectivity index (χ0v) is 18.9. The predicted octanol–water partition coefficient (Wildman–Crippen LogP) is 4.14. The molecule has 1 heterocycles. The fraction of sp³-hybridized carbons (Fsp3) is 0.333. The fourth-order valence-corrected chi connectivity index (χ4v) is 3.21. The number of hydrogen-bond acceptors (Lipinski definition) is 5. The van der Waals surface area contributed by atoms with Crippen molar-refractivity contribution in [1.29, 1.82) is 0 Å². The molecular weight excluding hydrogens is 411 g/mol. The highest BCUT2D eigenvalue weighted by Crippen LogP contribution is 2.25. The molecule has 2 aromatic carbocycles. The van der Waals surface area contributed by atoms with E-state index >= 15 is 0 Å². The van der Waals surface area contributed by atoms with Crippen LogP contribution in [0.5, 0.6) is 11.5 Å². The maximum absolute atomic E-state index is 13.1. The van der Waals surface area contributed by atoms with Crippen molar-refractivity contribution in [1.82, 2.24) is 15.2 Å². The summed E-state index contributed by atoms with van der Waals surface area (Å²) in [5.41, 5.74) is 2.56. The van der Waals surface area contributed by atoms with Crippen LogP contribution in [-0.4, -0.2) is 50.2 Å². The van der Waals surface area contributed by atoms with Gasteiger partial charge in [0.25, 0.3) is 0 Å². The van der Waals surface area contributed by atoms with Gasteiger partial charge in [0.1, 0.15) is 23.6 Å². The summed E-state index contributed by atoms with van der Waals surface area (Å²) in [7, 11) is 5.26. The molecule has 0 saturated heterocycles. The van der Waals surface area contributed by atoms with Gasteiger partial charge in [0.2, 0.25) is 5.89 Å². The summed E-state index contributed by atoms with van der Waals surface area (Å²) in [6.45, 7) is 3.95. The number of aliphatic imine (C=N–C) groups is 1. The molecule has 170 valence electrons. The van der Waals surface area contributed by atoms with Crippen molar-refractivity contribution < 1.29 is 18.3 Å². The van der Waals surface area contributed by atoms with Crippen molar-refractivity contribution >= 4 is 5.96 Å². The third-order valence-corrected chi connectivity index (χ3v) is 4.87. The van der Waals surface area contributed by atoms with Gasteiger partial charge in [-0.1, -0.05) is 0 Å². The Morgan fingerprint density at radius 3 is 2.62 bits per heavy atom. The number of nitrogens with zero attached hydrogens (tertiary/aromatic N) is 3. The number of ether oxygens (including phenoxy) is 2. The molecule has 3 rings (SSSR count). The first-order valence-corrected chi connectivity index (χ1v) is 10.4. The first kappa shape index (κ1) is 23.1. The van der Waals surface area contributed by atoms with Crippen molar-refractivity contribution in [2.75, 3.05) is 34.4 Å². The van der Waals surface area contributed by atoms with E-state index in [0.29, 0.717) is 25.4 Å². The molecule has 7 nitrogen and oxygen atoms in total. The molecule has 0 aliphatic carbocycles. The summed E-state index contributed by atoms with van der Waals surface area (Å²) in [6.07, 6.45) is 2.24. The summed E-state index contributed by atoms with van der Waals surface area (Å²) in [4.78, 5) is 11.2. The van der Waals surface area contributed by atoms with E-state index in [0.717, 1.165) is 40.8 Å². The molecular formula is C24H29FN4O3. The summed E-state index contributed by atoms with van der Waals surface area (Å²) < 4.78 is 29.4. The Hall–Kier alpha value is -3.55. The molecule has 0 unspecified atom stereocenters. The molecule has 0 aliphatic heterocycles. The highest BCUT2D eigenvalue weighted by atomic mass is 19.1. The van der Waals surface area contributed by atoms with Crippen molar-refractivity contribution in [3.05, 3.63) is 65.8 Å². The molecule has 0 aliphatic rings. The average molecular weight is 441 g/mol. The summed E-state index contributed by atoms with van der Waals surface area (Å²) in [5, 5.41) is 3.32. The average Bonchev–Trinajstić information content (AvgIpc) is 3.28. The Labute approximate surface area is 187 Å². The van der Waals surface area contributed by atoms with E-state index in [1.54, 1.807) is 32.6 Å². The van der Waals surface area contributed by atoms with Crippen molar-refractivity contribution in [3.63, 3.8) is 0 Å². The minimum absolute atomic E-state index is 0.290. The SMILES string of the molecule is CCNC(=NCCc1coc(-c2ccc(F)cc2)n1)N(C)Cc1ccc(OC)cc1OC. The molecule has 0 saturated carbocycles. The number of rotatable bonds is 9. The first-order chi connectivity index (χ1) is 15.5. The van der Waals surface area contributed by atoms with Gasteiger partial charge in [-0.05, 0) is 43.3 Å². The molecule has 1 aromatic heterocycles. The lowest BCUT2D eigenvalue weighted by molar-refractivity contribution is 0.382. The Bertz CT molecular complexity index is 1030. The van der Waals surface area contributed by atoms with E-state index in [1.807, 2.05) is 37.1 Å². The van der Waals surface area contributed by atoms with Gasteiger partial charge in [-0.15, -0.1) is 0 Å². The number of benzene rings is 2. The smallest absolute Gasteiger partial charge is 0.226 e. The van der Waals surface area contributed by atoms with Crippen LogP contribution in [0.3, 0.4) is 0 Å². The number of oxazole rings is 1. The van der Waals surface area contributed by atoms with Gasteiger partial charge in [0.05, 0.1) is 19.9 Å². The highest BCUT2D eigenvalue weighted by Gasteiger charge is 2.12. The molecule has 0 spiro atoms. The summed E-state index contributed by atoms with van der Waals surface area (Å²) >= 11 is 0. The second-order valence-electron chi connectivity index (χ2n) is 7.17. The number of guanidine groups is 1. The number of nitrogens with one attached hydrogen (secondary N) is 1. The number of methoxy groups -OCH3 is 2. The lowest BCUT2D eigenvalue weighted by Crippen LogP contribution is -2.38. The van der Waals surface area contributed by atoms with Gasteiger partial charge in [-0.2, -0.15) is 0 Å². The van der Waals surface area contributed by atoms with Crippen molar-refractivity contribution in [2.45, 2.75) is 19.9 Å². The fourth-order valence-electron chi connectivity index (χ4n) is 3.21. The van der Waals surface area contributed by atoms with E-state index in [-0.39, 0.29) is 5.82 Å². The van der Waals surface area contributed by atoms with Gasteiger partial charge in [0, 0.05) is 50.3 Å². The standard InChI is InChI=1S/C24H29FN4O3/c1-5-26-24(29(2)15-18-8-11-21(30-3)14-22(18)31-4)27-13-12-20-16-32-23(28-20)17-6-9-19(25)10-7-17/h6-11,14,16H,5,12-13,15H2,1-4H3,(H,26,27). The molecule has 0 bridgehead atoms. The number of hydrogen-bond donors (Lipinski definition) is 1. The van der Waals surface area contributed by atoms with Gasteiger partial charge >= 0.3 is 0 Å². The van der Waals surface area contributed by atoms with Crippen LogP contribution in [0.25, 0.3) is 11.5 Å². The maximum atomic E-state index is 13.1. The number of aromatic nitrogens is 1. The van der Waals surface area contributed by atoms with Gasteiger partial charge in [0.15, 0.2) is 5.96 Å². The van der Waals surface area contributed by atoms with Crippen LogP contribution in [0.15, 0.2) is 58.1 Å². The zero-order valence-electron chi connectivity index (χ0n) is 18.9. The van der Waals surface area contributed by atoms with Gasteiger partial charge < -0.3 is 24.1 Å². The van der Waals surface area contributed by atoms with Crippen LogP contribution in [0.2, 0.25) is 0 Å². The predicted molar refractivity (Wildman–Crippen MR) is 123 cm³/mol. The zero-order chi connectivity index (χ0) is 22.9. The Balaban J connectivity index is 1.64. The third kappa shape index (κ3) is 6.00. The van der Waals surface area contributed by atoms with E-state index in [4.69, 9.17) is 18.9 Å². The van der Waals surface area contributed by atoms with Crippen LogP contribution in [-0.2, 0) is 13.0 Å². The molecule has 0 amide bonds. The van der Waals surface area contributed by atoms with Crippen LogP contribution in [0, 0.1) is 5.82 Å². The topological polar surface area (TPSA) is 72.1 Å². The van der Waals surface area contributed by atoms with E-state index in [2.05, 4.69) is 10.3 Å². The Kier molecular flexibility index (Phi) is 8.08. The minimum Gasteiger partial charge on any atom is -0.497 e. The van der Waals surface area contributed by atoms with Crippen molar-refractivity contribution in [2.24, 2.45) is 4.99 Å². The van der Waals surface area contributed by atoms with Crippen molar-refractivity contribution in [3.8, 4) is 23.0 Å². The maximum Gasteiger partial charge on any atom is 0.226 e. The lowest BCUT2D eigenvalue weighted by Gasteiger charge is -2.23. The minimum atomic E-state index is -0.290. The molecule has 0 atom stereocenters. The van der Waals surface area contributed by atoms with Gasteiger partial charge in [-0.25, -0.2) is 9.37 Å². The molecule has 0 fully saturated rings. The highest BCUT2D eigenvalue weighted by molar-refractivity contribution is 5.79. The van der Waals surface area contributed by atoms with Crippen LogP contribution >= 0.6 is 0 Å². The van der Waals surface area contributed by atoms with Crippen LogP contribution < -0.4 is 14.8 Å². The molecule has 1 N–H and O–H groups in total. The van der Waals surface area contributed by atoms with Crippen LogP contribution in [0.4, 0.5) is 4.39 Å². The molecule has 3 aromatic rings. The van der Waals surface area contributed by atoms with E-state index < -0.39 is 0 Å². The first-order valence-electron chi connectivity index (χ1n) is 10.4.